The van der Waals surface area contributed by atoms with Crippen molar-refractivity contribution in [2.75, 3.05) is 11.9 Å². The van der Waals surface area contributed by atoms with Crippen LogP contribution in [0.25, 0.3) is 0 Å². The third-order valence-electron chi connectivity index (χ3n) is 2.54. The summed E-state index contributed by atoms with van der Waals surface area (Å²) in [5, 5.41) is 6.00. The molecule has 0 aromatic carbocycles. The van der Waals surface area contributed by atoms with Crippen LogP contribution < -0.4 is 10.6 Å². The lowest BCUT2D eigenvalue weighted by Crippen LogP contribution is -2.43. The van der Waals surface area contributed by atoms with Gasteiger partial charge in [0.15, 0.2) is 0 Å². The molecule has 1 saturated heterocycles. The number of nitrogens with zero attached hydrogens (tertiary/aromatic N) is 1. The van der Waals surface area contributed by atoms with Gasteiger partial charge in [0.25, 0.3) is 0 Å². The standard InChI is InChI=1S/C11H15N3O.2ClH/c15-11(9-5-1-3-7-12-9)14-10-6-2-4-8-13-10;;/h2,4,6,8-9,12H,1,3,5,7H2,(H,13,14,15);2*1H/t9-;;/m0../s1. The Kier molecular flexibility index (Phi) is 7.87. The molecule has 6 heteroatoms. The number of anilines is 1. The second-order valence-corrected chi connectivity index (χ2v) is 3.71. The number of amides is 1. The SMILES string of the molecule is Cl.Cl.O=C(Nc1ccccn1)[C@@H]1CCCCN1. The summed E-state index contributed by atoms with van der Waals surface area (Å²) in [6.07, 6.45) is 4.86. The van der Waals surface area contributed by atoms with Gasteiger partial charge in [0.1, 0.15) is 5.82 Å². The van der Waals surface area contributed by atoms with Crippen LogP contribution in [0.5, 0.6) is 0 Å². The lowest BCUT2D eigenvalue weighted by atomic mass is 10.0. The molecule has 1 aliphatic heterocycles. The van der Waals surface area contributed by atoms with Crippen LogP contribution in [0.15, 0.2) is 24.4 Å². The summed E-state index contributed by atoms with van der Waals surface area (Å²) in [6.45, 7) is 0.931. The smallest absolute Gasteiger partial charge is 0.242 e. The molecule has 1 fully saturated rings. The topological polar surface area (TPSA) is 54.0 Å². The number of pyridine rings is 1. The fourth-order valence-electron chi connectivity index (χ4n) is 1.73. The Morgan fingerprint density at radius 1 is 1.35 bits per heavy atom. The first-order valence-electron chi connectivity index (χ1n) is 5.31. The molecule has 0 bridgehead atoms. The number of hydrogen-bond donors (Lipinski definition) is 2. The summed E-state index contributed by atoms with van der Waals surface area (Å²) in [4.78, 5) is 15.8. The molecule has 1 aliphatic rings. The number of carbonyl (C=O) groups is 1. The largest absolute Gasteiger partial charge is 0.309 e. The number of aromatic nitrogens is 1. The Hall–Kier alpha value is -0.840. The first-order valence-corrected chi connectivity index (χ1v) is 5.31. The van der Waals surface area contributed by atoms with Crippen LogP contribution in [0.2, 0.25) is 0 Å². The number of carbonyl (C=O) groups excluding carboxylic acids is 1. The normalized spacial score (nSPS) is 18.5. The van der Waals surface area contributed by atoms with E-state index >= 15 is 0 Å². The highest BCUT2D eigenvalue weighted by molar-refractivity contribution is 5.94. The van der Waals surface area contributed by atoms with Crippen molar-refractivity contribution in [3.8, 4) is 0 Å². The van der Waals surface area contributed by atoms with Gasteiger partial charge in [0, 0.05) is 6.20 Å². The van der Waals surface area contributed by atoms with Crippen LogP contribution in [0.1, 0.15) is 19.3 Å². The van der Waals surface area contributed by atoms with Gasteiger partial charge >= 0.3 is 0 Å². The van der Waals surface area contributed by atoms with E-state index in [0.717, 1.165) is 25.8 Å². The maximum Gasteiger partial charge on any atom is 0.242 e. The van der Waals surface area contributed by atoms with Gasteiger partial charge in [-0.3, -0.25) is 4.79 Å². The molecule has 2 heterocycles. The summed E-state index contributed by atoms with van der Waals surface area (Å²) in [7, 11) is 0. The van der Waals surface area contributed by atoms with Crippen LogP contribution in [-0.2, 0) is 4.79 Å². The minimum absolute atomic E-state index is 0. The van der Waals surface area contributed by atoms with Crippen molar-refractivity contribution < 1.29 is 4.79 Å². The molecule has 17 heavy (non-hydrogen) atoms. The molecular formula is C11H17Cl2N3O. The van der Waals surface area contributed by atoms with Crippen molar-refractivity contribution in [1.82, 2.24) is 10.3 Å². The molecule has 2 rings (SSSR count). The molecule has 0 aliphatic carbocycles. The van der Waals surface area contributed by atoms with Gasteiger partial charge in [0.2, 0.25) is 5.91 Å². The Balaban J connectivity index is 0.00000128. The van der Waals surface area contributed by atoms with Gasteiger partial charge in [0.05, 0.1) is 6.04 Å². The molecular weight excluding hydrogens is 261 g/mol. The first kappa shape index (κ1) is 16.2. The molecule has 0 unspecified atom stereocenters. The van der Waals surface area contributed by atoms with Crippen LogP contribution in [-0.4, -0.2) is 23.5 Å². The average molecular weight is 278 g/mol. The second-order valence-electron chi connectivity index (χ2n) is 3.71. The fourth-order valence-corrected chi connectivity index (χ4v) is 1.73. The number of halogens is 2. The molecule has 0 spiro atoms. The Bertz CT molecular complexity index is 329. The van der Waals surface area contributed by atoms with E-state index < -0.39 is 0 Å². The van der Waals surface area contributed by atoms with Crippen molar-refractivity contribution >= 4 is 36.5 Å². The van der Waals surface area contributed by atoms with Crippen LogP contribution in [0.3, 0.4) is 0 Å². The monoisotopic (exact) mass is 277 g/mol. The predicted octanol–water partition coefficient (Wildman–Crippen LogP) is 2.01. The zero-order valence-electron chi connectivity index (χ0n) is 9.39. The third kappa shape index (κ3) is 4.89. The number of hydrogen-bond acceptors (Lipinski definition) is 3. The lowest BCUT2D eigenvalue weighted by molar-refractivity contribution is -0.118. The quantitative estimate of drug-likeness (QED) is 0.870. The van der Waals surface area contributed by atoms with Gasteiger partial charge in [-0.15, -0.1) is 24.8 Å². The number of rotatable bonds is 2. The number of nitrogens with one attached hydrogen (secondary N) is 2. The van der Waals surface area contributed by atoms with E-state index in [4.69, 9.17) is 0 Å². The van der Waals surface area contributed by atoms with E-state index in [-0.39, 0.29) is 36.8 Å². The Labute approximate surface area is 113 Å². The van der Waals surface area contributed by atoms with E-state index in [0.29, 0.717) is 5.82 Å². The Morgan fingerprint density at radius 2 is 2.18 bits per heavy atom. The highest BCUT2D eigenvalue weighted by Gasteiger charge is 2.20. The minimum atomic E-state index is -0.0549. The predicted molar refractivity (Wildman–Crippen MR) is 73.0 cm³/mol. The Morgan fingerprint density at radius 3 is 2.76 bits per heavy atom. The maximum absolute atomic E-state index is 11.8. The molecule has 2 N–H and O–H groups in total. The van der Waals surface area contributed by atoms with Gasteiger partial charge in [-0.2, -0.15) is 0 Å². The van der Waals surface area contributed by atoms with E-state index in [9.17, 15) is 4.79 Å². The molecule has 1 aromatic rings. The van der Waals surface area contributed by atoms with Crippen LogP contribution in [0.4, 0.5) is 5.82 Å². The zero-order valence-corrected chi connectivity index (χ0v) is 11.0. The molecule has 1 aromatic heterocycles. The second kappa shape index (κ2) is 8.28. The lowest BCUT2D eigenvalue weighted by Gasteiger charge is -2.22. The summed E-state index contributed by atoms with van der Waals surface area (Å²) >= 11 is 0. The molecule has 0 saturated carbocycles. The van der Waals surface area contributed by atoms with Crippen molar-refractivity contribution in [3.05, 3.63) is 24.4 Å². The fraction of sp³-hybridized carbons (Fsp3) is 0.455. The summed E-state index contributed by atoms with van der Waals surface area (Å²) in [6, 6.07) is 5.42. The average Bonchev–Trinajstić information content (AvgIpc) is 2.31. The van der Waals surface area contributed by atoms with Crippen LogP contribution in [0, 0.1) is 0 Å². The summed E-state index contributed by atoms with van der Waals surface area (Å²) in [5.74, 6) is 0.642. The number of piperidine rings is 1. The maximum atomic E-state index is 11.8. The molecule has 4 nitrogen and oxygen atoms in total. The van der Waals surface area contributed by atoms with Crippen molar-refractivity contribution in [1.29, 1.82) is 0 Å². The minimum Gasteiger partial charge on any atom is -0.309 e. The van der Waals surface area contributed by atoms with E-state index in [2.05, 4.69) is 15.6 Å². The highest BCUT2D eigenvalue weighted by atomic mass is 35.5. The summed E-state index contributed by atoms with van der Waals surface area (Å²) in [5.41, 5.74) is 0. The molecule has 1 atom stereocenters. The van der Waals surface area contributed by atoms with Crippen molar-refractivity contribution in [3.63, 3.8) is 0 Å². The first-order chi connectivity index (χ1) is 7.36. The summed E-state index contributed by atoms with van der Waals surface area (Å²) < 4.78 is 0. The third-order valence-corrected chi connectivity index (χ3v) is 2.54. The van der Waals surface area contributed by atoms with E-state index in [1.165, 1.54) is 0 Å². The van der Waals surface area contributed by atoms with Gasteiger partial charge < -0.3 is 10.6 Å². The highest BCUT2D eigenvalue weighted by Crippen LogP contribution is 2.09. The van der Waals surface area contributed by atoms with Gasteiger partial charge in [-0.25, -0.2) is 4.98 Å². The van der Waals surface area contributed by atoms with E-state index in [1.54, 1.807) is 12.3 Å². The zero-order chi connectivity index (χ0) is 10.5. The molecule has 96 valence electrons. The van der Waals surface area contributed by atoms with E-state index in [1.807, 2.05) is 12.1 Å². The molecule has 0 radical (unpaired) electrons. The van der Waals surface area contributed by atoms with Crippen molar-refractivity contribution in [2.45, 2.75) is 25.3 Å². The molecule has 1 amide bonds. The van der Waals surface area contributed by atoms with Crippen LogP contribution >= 0.6 is 24.8 Å². The van der Waals surface area contributed by atoms with Gasteiger partial charge in [-0.1, -0.05) is 12.5 Å². The van der Waals surface area contributed by atoms with Crippen molar-refractivity contribution in [2.24, 2.45) is 0 Å². The van der Waals surface area contributed by atoms with Gasteiger partial charge in [-0.05, 0) is 31.5 Å².